The van der Waals surface area contributed by atoms with Crippen molar-refractivity contribution in [1.82, 2.24) is 25.8 Å². The lowest BCUT2D eigenvalue weighted by Gasteiger charge is -2.63. The first-order chi connectivity index (χ1) is 34.9. The summed E-state index contributed by atoms with van der Waals surface area (Å²) >= 11 is 7.81. The van der Waals surface area contributed by atoms with Crippen LogP contribution < -0.4 is 26.0 Å². The van der Waals surface area contributed by atoms with Crippen molar-refractivity contribution in [3.8, 4) is 22.3 Å². The van der Waals surface area contributed by atoms with Crippen molar-refractivity contribution in [2.24, 2.45) is 16.2 Å². The Balaban J connectivity index is 0.935. The Hall–Kier alpha value is -6.22. The number of nitrogens with zero attached hydrogens (tertiary/aromatic N) is 3. The minimum absolute atomic E-state index is 0.0483. The van der Waals surface area contributed by atoms with E-state index in [0.717, 1.165) is 40.2 Å². The van der Waals surface area contributed by atoms with Crippen LogP contribution >= 0.6 is 22.9 Å². The molecule has 1 saturated heterocycles. The third-order valence-electron chi connectivity index (χ3n) is 13.7. The summed E-state index contributed by atoms with van der Waals surface area (Å²) in [6.45, 7) is 21.7. The van der Waals surface area contributed by atoms with Crippen molar-refractivity contribution in [1.29, 1.82) is 5.26 Å². The van der Waals surface area contributed by atoms with Crippen molar-refractivity contribution in [2.75, 3.05) is 31.6 Å². The van der Waals surface area contributed by atoms with Crippen LogP contribution in [0.5, 0.6) is 5.75 Å². The van der Waals surface area contributed by atoms with Gasteiger partial charge in [-0.15, -0.1) is 11.3 Å². The molecule has 1 aliphatic heterocycles. The van der Waals surface area contributed by atoms with E-state index in [2.05, 4.69) is 60.0 Å². The standard InChI is InChI=1S/C56H72ClN7O9S/c1-33(2)71-53(69)73-42-28-44(49(67)61-34(3)36-15-17-37(18-16-36)46-35(4)60-32-74-46)64(30-42)50(68)47(54(5,6)7)62-45(65)31-70-26-14-12-13-25-59-40-22-19-38(20-23-40)48(66)63-51-55(8,9)52(56(51,10)11)72-41-24-21-39(29-58)43(57)27-41/h15-24,27,32-34,42,44,47,51-52,59H,12-14,25-26,28,30-31H2,1-11H3,(H,61,67)(H,62,65)(H,63,66)/t34-,42+,44-,47+,51?,52?/m0/s1. The number of nitriles is 1. The van der Waals surface area contributed by atoms with Gasteiger partial charge in [0.1, 0.15) is 42.7 Å². The number of anilines is 1. The minimum atomic E-state index is -1.03. The fourth-order valence-electron chi connectivity index (χ4n) is 10.1. The zero-order valence-electron chi connectivity index (χ0n) is 44.4. The number of unbranched alkanes of at least 4 members (excludes halogenated alkanes) is 2. The van der Waals surface area contributed by atoms with Crippen LogP contribution in [0, 0.1) is 34.5 Å². The lowest BCUT2D eigenvalue weighted by Crippen LogP contribution is -2.74. The number of hydrogen-bond donors (Lipinski definition) is 4. The van der Waals surface area contributed by atoms with Crippen molar-refractivity contribution in [3.63, 3.8) is 0 Å². The lowest BCUT2D eigenvalue weighted by molar-refractivity contribution is -0.164. The quantitative estimate of drug-likeness (QED) is 0.0454. The van der Waals surface area contributed by atoms with Crippen molar-refractivity contribution in [2.45, 2.75) is 144 Å². The minimum Gasteiger partial charge on any atom is -0.489 e. The molecule has 0 radical (unpaired) electrons. The first kappa shape index (κ1) is 57.1. The number of carbonyl (C=O) groups excluding carboxylic acids is 5. The summed E-state index contributed by atoms with van der Waals surface area (Å²) in [6.07, 6.45) is 0.0835. The highest BCUT2D eigenvalue weighted by atomic mass is 35.5. The third kappa shape index (κ3) is 14.1. The molecule has 1 saturated carbocycles. The molecular formula is C56H72ClN7O9S. The van der Waals surface area contributed by atoms with Crippen LogP contribution in [0.2, 0.25) is 5.02 Å². The average molecular weight is 1050 g/mol. The second-order valence-electron chi connectivity index (χ2n) is 21.8. The summed E-state index contributed by atoms with van der Waals surface area (Å²) in [5.41, 5.74) is 4.92. The normalized spacial score (nSPS) is 19.5. The highest BCUT2D eigenvalue weighted by molar-refractivity contribution is 7.13. The second kappa shape index (κ2) is 24.4. The summed E-state index contributed by atoms with van der Waals surface area (Å²) in [5.74, 6) is -0.967. The van der Waals surface area contributed by atoms with Gasteiger partial charge >= 0.3 is 6.16 Å². The number of ether oxygens (including phenoxy) is 4. The van der Waals surface area contributed by atoms with Crippen LogP contribution in [0.3, 0.4) is 0 Å². The summed E-state index contributed by atoms with van der Waals surface area (Å²) in [6, 6.07) is 19.7. The molecule has 16 nitrogen and oxygen atoms in total. The molecule has 4 atom stereocenters. The van der Waals surface area contributed by atoms with Crippen LogP contribution in [0.1, 0.15) is 128 Å². The van der Waals surface area contributed by atoms with Gasteiger partial charge in [0, 0.05) is 53.8 Å². The Morgan fingerprint density at radius 3 is 2.23 bits per heavy atom. The second-order valence-corrected chi connectivity index (χ2v) is 23.1. The highest BCUT2D eigenvalue weighted by Gasteiger charge is 2.64. The molecular weight excluding hydrogens is 982 g/mol. The fourth-order valence-corrected chi connectivity index (χ4v) is 11.1. The smallest absolute Gasteiger partial charge is 0.489 e. The van der Waals surface area contributed by atoms with Crippen LogP contribution in [0.4, 0.5) is 10.5 Å². The van der Waals surface area contributed by atoms with E-state index in [-0.39, 0.29) is 48.5 Å². The van der Waals surface area contributed by atoms with Crippen molar-refractivity contribution < 1.29 is 42.9 Å². The summed E-state index contributed by atoms with van der Waals surface area (Å²) in [5, 5.41) is 22.1. The molecule has 1 aliphatic carbocycles. The van der Waals surface area contributed by atoms with Crippen molar-refractivity contribution >= 4 is 58.4 Å². The number of halogens is 1. The third-order valence-corrected chi connectivity index (χ3v) is 15.0. The maximum atomic E-state index is 14.5. The predicted molar refractivity (Wildman–Crippen MR) is 286 cm³/mol. The Morgan fingerprint density at radius 1 is 0.932 bits per heavy atom. The maximum Gasteiger partial charge on any atom is 0.508 e. The maximum absolute atomic E-state index is 14.5. The van der Waals surface area contributed by atoms with Gasteiger partial charge in [-0.05, 0) is 99.9 Å². The van der Waals surface area contributed by atoms with E-state index < -0.39 is 59.6 Å². The Bertz CT molecular complexity index is 2640. The van der Waals surface area contributed by atoms with Crippen LogP contribution in [-0.2, 0) is 28.6 Å². The topological polar surface area (TPSA) is 210 Å². The van der Waals surface area contributed by atoms with E-state index in [0.29, 0.717) is 41.5 Å². The first-order valence-corrected chi connectivity index (χ1v) is 26.5. The Labute approximate surface area is 444 Å². The molecule has 4 N–H and O–H groups in total. The molecule has 0 unspecified atom stereocenters. The number of aryl methyl sites for hydroxylation is 1. The molecule has 398 valence electrons. The van der Waals surface area contributed by atoms with Gasteiger partial charge in [-0.25, -0.2) is 9.78 Å². The van der Waals surface area contributed by atoms with Crippen molar-refractivity contribution in [3.05, 3.63) is 99.6 Å². The molecule has 2 heterocycles. The molecule has 6 rings (SSSR count). The molecule has 0 spiro atoms. The molecule has 1 aromatic heterocycles. The zero-order valence-corrected chi connectivity index (χ0v) is 46.0. The molecule has 4 aromatic rings. The number of carbonyl (C=O) groups is 5. The summed E-state index contributed by atoms with van der Waals surface area (Å²) in [4.78, 5) is 74.6. The van der Waals surface area contributed by atoms with E-state index in [9.17, 15) is 29.2 Å². The Kier molecular flexibility index (Phi) is 18.8. The van der Waals surface area contributed by atoms with Crippen LogP contribution in [0.15, 0.2) is 72.2 Å². The number of benzene rings is 3. The van der Waals surface area contributed by atoms with Gasteiger partial charge in [0.15, 0.2) is 0 Å². The number of nitrogens with one attached hydrogen (secondary N) is 4. The highest BCUT2D eigenvalue weighted by Crippen LogP contribution is 2.55. The monoisotopic (exact) mass is 1050 g/mol. The SMILES string of the molecule is Cc1ncsc1-c1ccc([C@H](C)NC(=O)[C@@H]2C[C@@H](OC(=O)OC(C)C)CN2C(=O)[C@@H](NC(=O)COCCCCCNc2ccc(C(=O)NC3C(C)(C)C(Oc4ccc(C#N)c(Cl)c4)C3(C)C)cc2)C(C)(C)C)cc1. The van der Waals surface area contributed by atoms with E-state index in [1.807, 2.05) is 71.0 Å². The number of amides is 4. The van der Waals surface area contributed by atoms with Gasteiger partial charge in [0.2, 0.25) is 17.7 Å². The Morgan fingerprint density at radius 2 is 1.62 bits per heavy atom. The lowest BCUT2D eigenvalue weighted by atomic mass is 9.49. The fraction of sp³-hybridized carbons (Fsp3) is 0.518. The summed E-state index contributed by atoms with van der Waals surface area (Å²) in [7, 11) is 0. The number of aromatic nitrogens is 1. The molecule has 18 heteroatoms. The number of hydrogen-bond acceptors (Lipinski definition) is 13. The van der Waals surface area contributed by atoms with E-state index in [1.165, 1.54) is 4.90 Å². The van der Waals surface area contributed by atoms with Crippen LogP contribution in [-0.4, -0.2) is 102 Å². The number of likely N-dealkylation sites (tertiary alicyclic amines) is 1. The largest absolute Gasteiger partial charge is 0.508 e. The van der Waals surface area contributed by atoms with E-state index in [4.69, 9.17) is 30.5 Å². The molecule has 3 aromatic carbocycles. The molecule has 0 bridgehead atoms. The average Bonchev–Trinajstić information content (AvgIpc) is 3.97. The van der Waals surface area contributed by atoms with Gasteiger partial charge in [0.05, 0.1) is 45.4 Å². The zero-order chi connectivity index (χ0) is 54.1. The molecule has 4 amide bonds. The first-order valence-electron chi connectivity index (χ1n) is 25.3. The molecule has 2 fully saturated rings. The van der Waals surface area contributed by atoms with E-state index in [1.54, 1.807) is 61.0 Å². The van der Waals surface area contributed by atoms with E-state index >= 15 is 0 Å². The number of thiazole rings is 1. The van der Waals surface area contributed by atoms with Crippen LogP contribution in [0.25, 0.3) is 10.4 Å². The number of rotatable bonds is 21. The van der Waals surface area contributed by atoms with Gasteiger partial charge in [-0.3, -0.25) is 19.2 Å². The van der Waals surface area contributed by atoms with Gasteiger partial charge in [-0.1, -0.05) is 84.3 Å². The van der Waals surface area contributed by atoms with Gasteiger partial charge in [-0.2, -0.15) is 5.26 Å². The van der Waals surface area contributed by atoms with Gasteiger partial charge < -0.3 is 45.1 Å². The molecule has 2 aliphatic rings. The van der Waals surface area contributed by atoms with Gasteiger partial charge in [0.25, 0.3) is 5.91 Å². The molecule has 74 heavy (non-hydrogen) atoms. The summed E-state index contributed by atoms with van der Waals surface area (Å²) < 4.78 is 22.9. The predicted octanol–water partition coefficient (Wildman–Crippen LogP) is 9.79.